The lowest BCUT2D eigenvalue weighted by molar-refractivity contribution is 1.18. The highest BCUT2D eigenvalue weighted by Gasteiger charge is 2.26. The highest BCUT2D eigenvalue weighted by molar-refractivity contribution is 6.69. The Morgan fingerprint density at radius 3 is 1.70 bits per heavy atom. The summed E-state index contributed by atoms with van der Waals surface area (Å²) in [6, 6.07) is 60.2. The molecule has 0 bridgehead atoms. The van der Waals surface area contributed by atoms with Crippen molar-refractivity contribution in [2.45, 2.75) is 0 Å². The van der Waals surface area contributed by atoms with Crippen molar-refractivity contribution in [3.63, 3.8) is 0 Å². The Balaban J connectivity index is 1.24. The third-order valence-electron chi connectivity index (χ3n) is 14.0. The summed E-state index contributed by atoms with van der Waals surface area (Å²) in [5, 5.41) is 7.77. The second kappa shape index (κ2) is 14.2. The van der Waals surface area contributed by atoms with E-state index in [1.807, 2.05) is 0 Å². The van der Waals surface area contributed by atoms with E-state index in [4.69, 9.17) is 0 Å². The number of rotatable bonds is 5. The summed E-state index contributed by atoms with van der Waals surface area (Å²) in [6.07, 6.45) is 0. The van der Waals surface area contributed by atoms with Gasteiger partial charge >= 0.3 is 0 Å². The van der Waals surface area contributed by atoms with Crippen molar-refractivity contribution in [2.75, 3.05) is 0 Å². The molecular formula is C52H41B7N2. The largest absolute Gasteiger partial charge is 0.310 e. The summed E-state index contributed by atoms with van der Waals surface area (Å²) in [5.74, 6) is 0. The second-order valence-electron chi connectivity index (χ2n) is 17.1. The van der Waals surface area contributed by atoms with Gasteiger partial charge in [0.05, 0.1) is 16.7 Å². The van der Waals surface area contributed by atoms with E-state index in [2.05, 4.69) is 228 Å². The number of nitrogens with zero attached hydrogens (tertiary/aromatic N) is 2. The van der Waals surface area contributed by atoms with Gasteiger partial charge in [0.2, 0.25) is 0 Å². The van der Waals surface area contributed by atoms with E-state index in [0.29, 0.717) is 0 Å². The number of benzene rings is 9. The molecule has 0 saturated heterocycles. The van der Waals surface area contributed by atoms with Crippen molar-refractivity contribution in [2.24, 2.45) is 0 Å². The molecule has 2 aromatic heterocycles. The zero-order valence-corrected chi connectivity index (χ0v) is 36.0. The van der Waals surface area contributed by atoms with Gasteiger partial charge in [0, 0.05) is 38.3 Å². The molecule has 0 fully saturated rings. The third kappa shape index (κ3) is 5.53. The van der Waals surface area contributed by atoms with Crippen molar-refractivity contribution in [1.29, 1.82) is 0 Å². The fraction of sp³-hybridized carbons (Fsp3) is 0. The predicted octanol–water partition coefficient (Wildman–Crippen LogP) is 1.84. The number of hydrogen-bond acceptors (Lipinski definition) is 0. The molecule has 0 radical (unpaired) electrons. The van der Waals surface area contributed by atoms with Crippen molar-refractivity contribution in [1.82, 2.24) is 9.13 Å². The lowest BCUT2D eigenvalue weighted by atomic mass is 9.64. The van der Waals surface area contributed by atoms with Gasteiger partial charge in [0.1, 0.15) is 54.9 Å². The standard InChI is InChI=1S/C52H41B7N2/c53-44-40(45(54)49(58)51-42(44)43-46(55)47(56)48(57)50(59)52(43)61(51)37-22-10-17-29-16-7-8-20-34(29)37)32-24-25-38-36(27-32)41-35(30-14-5-2-6-15-30)21-11-23-39(41)60(38)33-19-9-18-31(26-33)28-12-3-1-4-13-28/h1-27H,53-59H2. The summed E-state index contributed by atoms with van der Waals surface area (Å²) in [6.45, 7) is 0. The fourth-order valence-corrected chi connectivity index (χ4v) is 10.6. The average Bonchev–Trinajstić information content (AvgIpc) is 3.84. The molecule has 11 rings (SSSR count). The molecule has 0 atom stereocenters. The van der Waals surface area contributed by atoms with Gasteiger partial charge in [0.15, 0.2) is 0 Å². The molecule has 0 spiro atoms. The van der Waals surface area contributed by atoms with E-state index < -0.39 is 0 Å². The molecule has 0 saturated carbocycles. The molecule has 2 nitrogen and oxygen atoms in total. The monoisotopic (exact) mass is 770 g/mol. The Kier molecular flexibility index (Phi) is 8.69. The lowest BCUT2D eigenvalue weighted by Gasteiger charge is -2.19. The van der Waals surface area contributed by atoms with Crippen LogP contribution in [0.5, 0.6) is 0 Å². The Bertz CT molecular complexity index is 3600. The first kappa shape index (κ1) is 37.3. The van der Waals surface area contributed by atoms with Crippen LogP contribution in [0.1, 0.15) is 0 Å². The minimum absolute atomic E-state index is 1.15. The molecule has 0 aliphatic carbocycles. The maximum Gasteiger partial charge on any atom is 0.141 e. The van der Waals surface area contributed by atoms with Gasteiger partial charge in [0.25, 0.3) is 0 Å². The summed E-state index contributed by atoms with van der Waals surface area (Å²) in [4.78, 5) is 0. The van der Waals surface area contributed by atoms with E-state index in [1.54, 1.807) is 0 Å². The van der Waals surface area contributed by atoms with Gasteiger partial charge in [-0.15, -0.1) is 5.46 Å². The highest BCUT2D eigenvalue weighted by atomic mass is 15.0. The van der Waals surface area contributed by atoms with Gasteiger partial charge in [-0.2, -0.15) is 0 Å². The molecule has 2 heterocycles. The Labute approximate surface area is 363 Å². The SMILES string of the molecule is Bc1c(B)c(B)c2c(c1B)c1c(B)c(-c3ccc4c(c3)c3c(-c5ccccc5)cccc3n4-c3cccc(-c4ccccc4)c3)c(B)c(B)c1n2-c1cccc2ccccc12. The zero-order chi connectivity index (χ0) is 41.7. The molecular weight excluding hydrogens is 728 g/mol. The lowest BCUT2D eigenvalue weighted by Crippen LogP contribution is -2.48. The van der Waals surface area contributed by atoms with Gasteiger partial charge < -0.3 is 9.13 Å². The van der Waals surface area contributed by atoms with Gasteiger partial charge in [-0.1, -0.05) is 160 Å². The fourth-order valence-electron chi connectivity index (χ4n) is 10.6. The Hall–Kier alpha value is -6.71. The van der Waals surface area contributed by atoms with Crippen LogP contribution in [0.4, 0.5) is 0 Å². The van der Waals surface area contributed by atoms with E-state index in [1.165, 1.54) is 132 Å². The summed E-state index contributed by atoms with van der Waals surface area (Å²) in [7, 11) is 16.3. The van der Waals surface area contributed by atoms with Crippen LogP contribution >= 0.6 is 0 Å². The van der Waals surface area contributed by atoms with E-state index >= 15 is 0 Å². The highest BCUT2D eigenvalue weighted by Crippen LogP contribution is 2.41. The molecule has 280 valence electrons. The normalized spacial score (nSPS) is 11.7. The summed E-state index contributed by atoms with van der Waals surface area (Å²) in [5.41, 5.74) is 24.3. The molecule has 0 aliphatic heterocycles. The quantitative estimate of drug-likeness (QED) is 0.237. The first-order valence-corrected chi connectivity index (χ1v) is 21.5. The van der Waals surface area contributed by atoms with Crippen LogP contribution in [0.15, 0.2) is 164 Å². The van der Waals surface area contributed by atoms with E-state index in [9.17, 15) is 0 Å². The molecule has 9 aromatic carbocycles. The molecule has 61 heavy (non-hydrogen) atoms. The van der Waals surface area contributed by atoms with Gasteiger partial charge in [-0.3, -0.25) is 0 Å². The Morgan fingerprint density at radius 1 is 0.328 bits per heavy atom. The molecule has 9 heteroatoms. The predicted molar refractivity (Wildman–Crippen MR) is 286 cm³/mol. The Morgan fingerprint density at radius 2 is 0.934 bits per heavy atom. The number of aromatic nitrogens is 2. The van der Waals surface area contributed by atoms with Crippen LogP contribution in [0, 0.1) is 0 Å². The van der Waals surface area contributed by atoms with Crippen LogP contribution in [-0.2, 0) is 0 Å². The van der Waals surface area contributed by atoms with Crippen molar-refractivity contribution < 1.29 is 0 Å². The third-order valence-corrected chi connectivity index (χ3v) is 14.0. The van der Waals surface area contributed by atoms with Crippen LogP contribution in [0.3, 0.4) is 0 Å². The molecule has 0 aliphatic rings. The number of hydrogen-bond donors (Lipinski definition) is 0. The second-order valence-corrected chi connectivity index (χ2v) is 17.1. The first-order chi connectivity index (χ1) is 29.7. The molecule has 0 unspecified atom stereocenters. The minimum atomic E-state index is 1.15. The summed E-state index contributed by atoms with van der Waals surface area (Å²) < 4.78 is 5.07. The maximum absolute atomic E-state index is 2.60. The van der Waals surface area contributed by atoms with Gasteiger partial charge in [-0.25, -0.2) is 0 Å². The van der Waals surface area contributed by atoms with Crippen LogP contribution < -0.4 is 38.2 Å². The zero-order valence-electron chi connectivity index (χ0n) is 36.0. The summed E-state index contributed by atoms with van der Waals surface area (Å²) >= 11 is 0. The molecule has 11 aromatic rings. The average molecular weight is 770 g/mol. The van der Waals surface area contributed by atoms with Crippen LogP contribution in [-0.4, -0.2) is 64.1 Å². The van der Waals surface area contributed by atoms with Crippen molar-refractivity contribution >= 4 is 148 Å². The van der Waals surface area contributed by atoms with Gasteiger partial charge in [-0.05, 0) is 80.6 Å². The smallest absolute Gasteiger partial charge is 0.141 e. The maximum atomic E-state index is 2.60. The van der Waals surface area contributed by atoms with E-state index in [0.717, 1.165) is 5.69 Å². The van der Waals surface area contributed by atoms with Crippen LogP contribution in [0.2, 0.25) is 0 Å². The number of fused-ring (bicyclic) bond motifs is 7. The van der Waals surface area contributed by atoms with Crippen LogP contribution in [0.25, 0.3) is 99.1 Å². The van der Waals surface area contributed by atoms with Crippen molar-refractivity contribution in [3.05, 3.63) is 164 Å². The molecule has 0 amide bonds. The first-order valence-electron chi connectivity index (χ1n) is 21.5. The topological polar surface area (TPSA) is 9.86 Å². The minimum Gasteiger partial charge on any atom is -0.310 e. The molecule has 0 N–H and O–H groups in total. The van der Waals surface area contributed by atoms with Crippen molar-refractivity contribution in [3.8, 4) is 44.8 Å². The van der Waals surface area contributed by atoms with E-state index in [-0.39, 0.29) is 0 Å².